The third kappa shape index (κ3) is 2.32. The van der Waals surface area contributed by atoms with Crippen molar-refractivity contribution >= 4 is 51.1 Å². The van der Waals surface area contributed by atoms with E-state index < -0.39 is 17.8 Å². The van der Waals surface area contributed by atoms with Crippen molar-refractivity contribution in [1.29, 1.82) is 0 Å². The SMILES string of the molecule is O=C1CC(=O)N(c2cc(Cl)ccc2Br)C(=O)N1. The molecule has 0 atom stereocenters. The molecule has 1 N–H and O–H groups in total. The Labute approximate surface area is 110 Å². The minimum atomic E-state index is -0.769. The van der Waals surface area contributed by atoms with E-state index in [4.69, 9.17) is 11.6 Å². The monoisotopic (exact) mass is 316 g/mol. The molecule has 1 aromatic rings. The predicted octanol–water partition coefficient (Wildman–Crippen LogP) is 2.08. The Kier molecular flexibility index (Phi) is 3.17. The number of amides is 4. The molecule has 1 aliphatic heterocycles. The molecular formula is C10H6BrClN2O3. The van der Waals surface area contributed by atoms with Crippen molar-refractivity contribution in [3.8, 4) is 0 Å². The number of halogens is 2. The lowest BCUT2D eigenvalue weighted by Crippen LogP contribution is -2.53. The molecule has 88 valence electrons. The smallest absolute Gasteiger partial charge is 0.277 e. The molecule has 1 aliphatic rings. The summed E-state index contributed by atoms with van der Waals surface area (Å²) in [6.07, 6.45) is -0.356. The average molecular weight is 318 g/mol. The minimum absolute atomic E-state index is 0.313. The highest BCUT2D eigenvalue weighted by Crippen LogP contribution is 2.30. The molecule has 5 nitrogen and oxygen atoms in total. The molecule has 1 heterocycles. The van der Waals surface area contributed by atoms with Crippen LogP contribution in [0.3, 0.4) is 0 Å². The second-order valence-electron chi connectivity index (χ2n) is 3.35. The Bertz CT molecular complexity index is 512. The van der Waals surface area contributed by atoms with E-state index in [1.807, 2.05) is 0 Å². The molecule has 0 saturated carbocycles. The fraction of sp³-hybridized carbons (Fsp3) is 0.100. The van der Waals surface area contributed by atoms with Gasteiger partial charge in [0.25, 0.3) is 0 Å². The van der Waals surface area contributed by atoms with E-state index in [-0.39, 0.29) is 6.42 Å². The first kappa shape index (κ1) is 12.1. The molecule has 0 aliphatic carbocycles. The van der Waals surface area contributed by atoms with Crippen LogP contribution in [0, 0.1) is 0 Å². The average Bonchev–Trinajstić information content (AvgIpc) is 2.21. The van der Waals surface area contributed by atoms with E-state index in [9.17, 15) is 14.4 Å². The zero-order chi connectivity index (χ0) is 12.6. The van der Waals surface area contributed by atoms with Gasteiger partial charge in [-0.25, -0.2) is 9.69 Å². The Morgan fingerprint density at radius 2 is 2.00 bits per heavy atom. The van der Waals surface area contributed by atoms with Crippen LogP contribution < -0.4 is 10.2 Å². The van der Waals surface area contributed by atoms with Gasteiger partial charge in [-0.1, -0.05) is 11.6 Å². The van der Waals surface area contributed by atoms with Gasteiger partial charge in [-0.2, -0.15) is 0 Å². The molecule has 0 bridgehead atoms. The van der Waals surface area contributed by atoms with Crippen LogP contribution in [-0.2, 0) is 9.59 Å². The minimum Gasteiger partial charge on any atom is -0.277 e. The number of urea groups is 1. The maximum atomic E-state index is 11.7. The quantitative estimate of drug-likeness (QED) is 0.806. The van der Waals surface area contributed by atoms with Gasteiger partial charge in [0.1, 0.15) is 6.42 Å². The molecule has 4 amide bonds. The Hall–Kier alpha value is -1.40. The molecular weight excluding hydrogens is 311 g/mol. The van der Waals surface area contributed by atoms with E-state index in [0.29, 0.717) is 15.2 Å². The van der Waals surface area contributed by atoms with Crippen LogP contribution in [0.25, 0.3) is 0 Å². The first-order valence-corrected chi connectivity index (χ1v) is 5.78. The van der Waals surface area contributed by atoms with Crippen LogP contribution >= 0.6 is 27.5 Å². The number of anilines is 1. The molecule has 1 saturated heterocycles. The van der Waals surface area contributed by atoms with Crippen molar-refractivity contribution in [2.75, 3.05) is 4.90 Å². The molecule has 17 heavy (non-hydrogen) atoms. The molecule has 2 rings (SSSR count). The van der Waals surface area contributed by atoms with E-state index in [1.54, 1.807) is 12.1 Å². The third-order valence-electron chi connectivity index (χ3n) is 2.16. The normalized spacial score (nSPS) is 16.1. The predicted molar refractivity (Wildman–Crippen MR) is 64.8 cm³/mol. The van der Waals surface area contributed by atoms with Crippen molar-refractivity contribution in [2.24, 2.45) is 0 Å². The van der Waals surface area contributed by atoms with Gasteiger partial charge in [0.15, 0.2) is 0 Å². The van der Waals surface area contributed by atoms with Crippen molar-refractivity contribution in [3.05, 3.63) is 27.7 Å². The van der Waals surface area contributed by atoms with Crippen LogP contribution in [-0.4, -0.2) is 17.8 Å². The maximum absolute atomic E-state index is 11.7. The Morgan fingerprint density at radius 1 is 1.29 bits per heavy atom. The number of carbonyl (C=O) groups excluding carboxylic acids is 3. The molecule has 0 aromatic heterocycles. The first-order chi connectivity index (χ1) is 7.99. The van der Waals surface area contributed by atoms with Crippen molar-refractivity contribution < 1.29 is 14.4 Å². The van der Waals surface area contributed by atoms with Crippen molar-refractivity contribution in [1.82, 2.24) is 5.32 Å². The maximum Gasteiger partial charge on any atom is 0.335 e. The van der Waals surface area contributed by atoms with Gasteiger partial charge in [-0.3, -0.25) is 14.9 Å². The van der Waals surface area contributed by atoms with Gasteiger partial charge in [0.2, 0.25) is 11.8 Å². The molecule has 0 unspecified atom stereocenters. The summed E-state index contributed by atoms with van der Waals surface area (Å²) in [5.74, 6) is -1.18. The molecule has 1 fully saturated rings. The molecule has 1 aromatic carbocycles. The summed E-state index contributed by atoms with van der Waals surface area (Å²) < 4.78 is 0.541. The number of benzene rings is 1. The van der Waals surface area contributed by atoms with Crippen LogP contribution in [0.4, 0.5) is 10.5 Å². The van der Waals surface area contributed by atoms with Gasteiger partial charge in [0.05, 0.1) is 5.69 Å². The summed E-state index contributed by atoms with van der Waals surface area (Å²) in [6.45, 7) is 0. The van der Waals surface area contributed by atoms with E-state index >= 15 is 0 Å². The lowest BCUT2D eigenvalue weighted by atomic mass is 10.2. The first-order valence-electron chi connectivity index (χ1n) is 4.61. The van der Waals surface area contributed by atoms with Crippen LogP contribution in [0.15, 0.2) is 22.7 Å². The summed E-state index contributed by atoms with van der Waals surface area (Å²) >= 11 is 9.02. The highest BCUT2D eigenvalue weighted by molar-refractivity contribution is 9.10. The molecule has 0 spiro atoms. The lowest BCUT2D eigenvalue weighted by Gasteiger charge is -2.25. The standard InChI is InChI=1S/C10H6BrClN2O3/c11-6-2-1-5(12)3-7(6)14-9(16)4-8(15)13-10(14)17/h1-3H,4H2,(H,13,15,17). The number of rotatable bonds is 1. The third-order valence-corrected chi connectivity index (χ3v) is 3.07. The highest BCUT2D eigenvalue weighted by Gasteiger charge is 2.33. The van der Waals surface area contributed by atoms with Crippen LogP contribution in [0.5, 0.6) is 0 Å². The Balaban J connectivity index is 2.45. The van der Waals surface area contributed by atoms with Gasteiger partial charge in [-0.15, -0.1) is 0 Å². The fourth-order valence-corrected chi connectivity index (χ4v) is 2.04. The largest absolute Gasteiger partial charge is 0.335 e. The van der Waals surface area contributed by atoms with Crippen molar-refractivity contribution in [2.45, 2.75) is 6.42 Å². The van der Waals surface area contributed by atoms with Gasteiger partial charge < -0.3 is 0 Å². The number of carbonyl (C=O) groups is 3. The number of barbiturate groups is 1. The number of nitrogens with zero attached hydrogens (tertiary/aromatic N) is 1. The van der Waals surface area contributed by atoms with Crippen molar-refractivity contribution in [3.63, 3.8) is 0 Å². The number of hydrogen-bond donors (Lipinski definition) is 1. The number of nitrogens with one attached hydrogen (secondary N) is 1. The van der Waals surface area contributed by atoms with Crippen LogP contribution in [0.2, 0.25) is 5.02 Å². The van der Waals surface area contributed by atoms with Gasteiger partial charge >= 0.3 is 6.03 Å². The lowest BCUT2D eigenvalue weighted by molar-refractivity contribution is -0.128. The summed E-state index contributed by atoms with van der Waals surface area (Å²) in [6, 6.07) is 3.94. The summed E-state index contributed by atoms with van der Waals surface area (Å²) in [5.41, 5.74) is 0.313. The molecule has 7 heteroatoms. The zero-order valence-electron chi connectivity index (χ0n) is 8.37. The highest BCUT2D eigenvalue weighted by atomic mass is 79.9. The number of hydrogen-bond acceptors (Lipinski definition) is 3. The summed E-state index contributed by atoms with van der Waals surface area (Å²) in [7, 11) is 0. The zero-order valence-corrected chi connectivity index (χ0v) is 10.7. The number of imide groups is 2. The fourth-order valence-electron chi connectivity index (χ4n) is 1.45. The summed E-state index contributed by atoms with van der Waals surface area (Å²) in [5, 5.41) is 2.46. The van der Waals surface area contributed by atoms with E-state index in [2.05, 4.69) is 21.2 Å². The van der Waals surface area contributed by atoms with Crippen LogP contribution in [0.1, 0.15) is 6.42 Å². The molecule has 0 radical (unpaired) electrons. The summed E-state index contributed by atoms with van der Waals surface area (Å²) in [4.78, 5) is 35.1. The second kappa shape index (κ2) is 4.46. The van der Waals surface area contributed by atoms with E-state index in [0.717, 1.165) is 4.90 Å². The second-order valence-corrected chi connectivity index (χ2v) is 4.65. The Morgan fingerprint density at radius 3 is 2.65 bits per heavy atom. The van der Waals surface area contributed by atoms with Gasteiger partial charge in [0, 0.05) is 9.50 Å². The topological polar surface area (TPSA) is 66.5 Å². The van der Waals surface area contributed by atoms with E-state index in [1.165, 1.54) is 6.07 Å². The van der Waals surface area contributed by atoms with Gasteiger partial charge in [-0.05, 0) is 34.1 Å².